The number of hydrazone groups is 1. The van der Waals surface area contributed by atoms with E-state index in [1.54, 1.807) is 30.3 Å². The minimum Gasteiger partial charge on any atom is -0.385 e. The minimum atomic E-state index is -4.61. The van der Waals surface area contributed by atoms with Crippen molar-refractivity contribution >= 4 is 34.8 Å². The van der Waals surface area contributed by atoms with Gasteiger partial charge in [0.15, 0.2) is 5.92 Å². The van der Waals surface area contributed by atoms with Gasteiger partial charge in [-0.25, -0.2) is 0 Å². The van der Waals surface area contributed by atoms with Gasteiger partial charge in [-0.3, -0.25) is 14.4 Å². The molecule has 3 rings (SSSR count). The molecule has 0 saturated carbocycles. The molecule has 0 bridgehead atoms. The van der Waals surface area contributed by atoms with Crippen molar-refractivity contribution in [2.24, 2.45) is 16.8 Å². The van der Waals surface area contributed by atoms with Gasteiger partial charge in [-0.05, 0) is 30.3 Å². The van der Waals surface area contributed by atoms with Crippen LogP contribution < -0.4 is 16.1 Å². The van der Waals surface area contributed by atoms with Gasteiger partial charge in [0.2, 0.25) is 5.78 Å². The van der Waals surface area contributed by atoms with Crippen LogP contribution in [0, 0.1) is 5.92 Å². The van der Waals surface area contributed by atoms with E-state index in [0.29, 0.717) is 11.8 Å². The Morgan fingerprint density at radius 2 is 1.75 bits per heavy atom. The quantitative estimate of drug-likeness (QED) is 0.616. The fraction of sp³-hybridized carbons (Fsp3) is 0.111. The Morgan fingerprint density at radius 1 is 1.07 bits per heavy atom. The van der Waals surface area contributed by atoms with Crippen molar-refractivity contribution in [2.75, 3.05) is 10.3 Å². The van der Waals surface area contributed by atoms with E-state index in [1.807, 2.05) is 0 Å². The number of para-hydroxylation sites is 1. The first-order chi connectivity index (χ1) is 13.2. The molecule has 0 spiro atoms. The number of Topliss-reactive ketones (excluding diaryl/α,β-unsaturated/α-hetero) is 1. The molecule has 1 aliphatic rings. The lowest BCUT2D eigenvalue weighted by Gasteiger charge is -2.13. The summed E-state index contributed by atoms with van der Waals surface area (Å²) in [6, 6.07) is 11.9. The smallest absolute Gasteiger partial charge is 0.385 e. The number of rotatable bonds is 4. The van der Waals surface area contributed by atoms with E-state index in [4.69, 9.17) is 5.73 Å². The van der Waals surface area contributed by atoms with Gasteiger partial charge in [0.05, 0.1) is 11.3 Å². The van der Waals surface area contributed by atoms with Gasteiger partial charge < -0.3 is 11.1 Å². The van der Waals surface area contributed by atoms with Gasteiger partial charge in [0.1, 0.15) is 5.84 Å². The summed E-state index contributed by atoms with van der Waals surface area (Å²) in [6.45, 7) is 0. The van der Waals surface area contributed by atoms with Crippen molar-refractivity contribution in [3.63, 3.8) is 0 Å². The fourth-order valence-corrected chi connectivity index (χ4v) is 2.57. The molecule has 1 aliphatic heterocycles. The molecule has 0 fully saturated rings. The number of alkyl halides is 3. The molecule has 0 saturated heterocycles. The highest BCUT2D eigenvalue weighted by Gasteiger charge is 2.43. The number of hydrogen-bond acceptors (Lipinski definition) is 5. The number of nitrogens with two attached hydrogens (primary N) is 1. The Morgan fingerprint density at radius 3 is 2.39 bits per heavy atom. The van der Waals surface area contributed by atoms with Crippen LogP contribution in [0.3, 0.4) is 0 Å². The predicted molar refractivity (Wildman–Crippen MR) is 94.1 cm³/mol. The summed E-state index contributed by atoms with van der Waals surface area (Å²) >= 11 is 0. The number of carbonyl (C=O) groups excluding carboxylic acids is 3. The number of carbonyl (C=O) groups is 3. The molecule has 28 heavy (non-hydrogen) atoms. The Labute approximate surface area is 156 Å². The van der Waals surface area contributed by atoms with Crippen molar-refractivity contribution in [3.8, 4) is 0 Å². The van der Waals surface area contributed by atoms with Crippen LogP contribution in [0.1, 0.15) is 5.56 Å². The highest BCUT2D eigenvalue weighted by molar-refractivity contribution is 6.50. The Bertz CT molecular complexity index is 974. The van der Waals surface area contributed by atoms with Crippen LogP contribution >= 0.6 is 0 Å². The standard InChI is InChI=1S/C18H13F3N4O3/c19-18(20,21)10-5-4-6-11(9-10)23-16(27)14(26)13-15(22)24-25(17(13)28)12-7-2-1-3-8-12/h1-9,13H,(H2,22,24)(H,23,27)/t13-/m0/s1. The normalized spacial score (nSPS) is 16.7. The molecule has 2 amide bonds. The molecular weight excluding hydrogens is 377 g/mol. The largest absolute Gasteiger partial charge is 0.416 e. The third-order valence-electron chi connectivity index (χ3n) is 3.90. The van der Waals surface area contributed by atoms with Crippen LogP contribution in [-0.4, -0.2) is 23.4 Å². The maximum absolute atomic E-state index is 12.8. The first kappa shape index (κ1) is 19.1. The van der Waals surface area contributed by atoms with Gasteiger partial charge >= 0.3 is 6.18 Å². The van der Waals surface area contributed by atoms with E-state index in [1.165, 1.54) is 6.07 Å². The highest BCUT2D eigenvalue weighted by atomic mass is 19.4. The van der Waals surface area contributed by atoms with E-state index in [-0.39, 0.29) is 11.5 Å². The number of amidine groups is 1. The average molecular weight is 390 g/mol. The summed E-state index contributed by atoms with van der Waals surface area (Å²) in [7, 11) is 0. The van der Waals surface area contributed by atoms with E-state index >= 15 is 0 Å². The van der Waals surface area contributed by atoms with Crippen LogP contribution in [0.2, 0.25) is 0 Å². The maximum Gasteiger partial charge on any atom is 0.416 e. The molecule has 0 unspecified atom stereocenters. The van der Waals surface area contributed by atoms with Gasteiger partial charge in [0, 0.05) is 5.69 Å². The summed E-state index contributed by atoms with van der Waals surface area (Å²) in [5, 5.41) is 6.76. The number of amides is 2. The summed E-state index contributed by atoms with van der Waals surface area (Å²) in [5.74, 6) is -5.34. The van der Waals surface area contributed by atoms with E-state index in [9.17, 15) is 27.6 Å². The SMILES string of the molecule is NC1=NN(c2ccccc2)C(=O)[C@H]1C(=O)C(=O)Nc1cccc(C(F)(F)F)c1. The zero-order chi connectivity index (χ0) is 20.5. The van der Waals surface area contributed by atoms with Gasteiger partial charge in [0.25, 0.3) is 11.8 Å². The lowest BCUT2D eigenvalue weighted by atomic mass is 10.0. The van der Waals surface area contributed by atoms with Crippen molar-refractivity contribution in [1.82, 2.24) is 0 Å². The second kappa shape index (κ2) is 7.14. The molecule has 2 aromatic rings. The molecule has 3 N–H and O–H groups in total. The highest BCUT2D eigenvalue weighted by Crippen LogP contribution is 2.30. The van der Waals surface area contributed by atoms with Gasteiger partial charge in [-0.2, -0.15) is 23.3 Å². The van der Waals surface area contributed by atoms with Crippen molar-refractivity contribution in [1.29, 1.82) is 0 Å². The summed E-state index contributed by atoms with van der Waals surface area (Å²) in [6.07, 6.45) is -4.61. The van der Waals surface area contributed by atoms with Crippen LogP contribution in [-0.2, 0) is 20.6 Å². The molecule has 1 heterocycles. The van der Waals surface area contributed by atoms with Crippen molar-refractivity contribution < 1.29 is 27.6 Å². The Kier molecular flexibility index (Phi) is 4.87. The molecule has 10 heteroatoms. The maximum atomic E-state index is 12.8. The molecule has 144 valence electrons. The van der Waals surface area contributed by atoms with E-state index in [0.717, 1.165) is 17.1 Å². The number of anilines is 2. The molecule has 0 aromatic heterocycles. The third-order valence-corrected chi connectivity index (χ3v) is 3.90. The monoisotopic (exact) mass is 390 g/mol. The topological polar surface area (TPSA) is 105 Å². The first-order valence-corrected chi connectivity index (χ1v) is 7.94. The first-order valence-electron chi connectivity index (χ1n) is 7.94. The molecule has 2 aromatic carbocycles. The molecule has 0 aliphatic carbocycles. The minimum absolute atomic E-state index is 0.242. The lowest BCUT2D eigenvalue weighted by Crippen LogP contribution is -2.41. The van der Waals surface area contributed by atoms with E-state index in [2.05, 4.69) is 10.4 Å². The predicted octanol–water partition coefficient (Wildman–Crippen LogP) is 2.15. The van der Waals surface area contributed by atoms with Crippen LogP contribution in [0.15, 0.2) is 59.7 Å². The number of ketones is 1. The van der Waals surface area contributed by atoms with Crippen molar-refractivity contribution in [3.05, 3.63) is 60.2 Å². The Hall–Kier alpha value is -3.69. The molecule has 0 radical (unpaired) electrons. The third kappa shape index (κ3) is 3.70. The van der Waals surface area contributed by atoms with Crippen LogP contribution in [0.25, 0.3) is 0 Å². The second-order valence-corrected chi connectivity index (χ2v) is 5.84. The summed E-state index contributed by atoms with van der Waals surface area (Å²) < 4.78 is 38.3. The van der Waals surface area contributed by atoms with Crippen LogP contribution in [0.5, 0.6) is 0 Å². The number of benzene rings is 2. The second-order valence-electron chi connectivity index (χ2n) is 5.84. The zero-order valence-corrected chi connectivity index (χ0v) is 14.1. The number of nitrogens with zero attached hydrogens (tertiary/aromatic N) is 2. The Balaban J connectivity index is 1.76. The number of hydrogen-bond donors (Lipinski definition) is 2. The van der Waals surface area contributed by atoms with E-state index < -0.39 is 35.3 Å². The van der Waals surface area contributed by atoms with Gasteiger partial charge in [-0.15, -0.1) is 0 Å². The lowest BCUT2D eigenvalue weighted by molar-refractivity contribution is -0.138. The summed E-state index contributed by atoms with van der Waals surface area (Å²) in [5.41, 5.74) is 4.76. The molecular formula is C18H13F3N4O3. The van der Waals surface area contributed by atoms with Crippen LogP contribution in [0.4, 0.5) is 24.5 Å². The van der Waals surface area contributed by atoms with Crippen molar-refractivity contribution in [2.45, 2.75) is 6.18 Å². The zero-order valence-electron chi connectivity index (χ0n) is 14.1. The molecule has 1 atom stereocenters. The molecule has 7 nitrogen and oxygen atoms in total. The number of nitrogens with one attached hydrogen (secondary N) is 1. The summed E-state index contributed by atoms with van der Waals surface area (Å²) in [4.78, 5) is 37.0. The van der Waals surface area contributed by atoms with Gasteiger partial charge in [-0.1, -0.05) is 24.3 Å². The fourth-order valence-electron chi connectivity index (χ4n) is 2.57. The average Bonchev–Trinajstić information content (AvgIpc) is 2.95. The number of halogens is 3.